The predicted octanol–water partition coefficient (Wildman–Crippen LogP) is 1.81. The van der Waals surface area contributed by atoms with Gasteiger partial charge < -0.3 is 15.0 Å². The van der Waals surface area contributed by atoms with Crippen LogP contribution >= 0.6 is 11.6 Å². The number of amides is 2. The minimum Gasteiger partial charge on any atom is -0.367 e. The highest BCUT2D eigenvalue weighted by Gasteiger charge is 2.36. The molecule has 28 heavy (non-hydrogen) atoms. The van der Waals surface area contributed by atoms with E-state index in [0.717, 1.165) is 5.56 Å². The smallest absolute Gasteiger partial charge is 0.269 e. The lowest BCUT2D eigenvalue weighted by Crippen LogP contribution is -2.50. The quantitative estimate of drug-likeness (QED) is 0.620. The van der Waals surface area contributed by atoms with Crippen molar-refractivity contribution >= 4 is 23.4 Å². The average molecular weight is 402 g/mol. The Morgan fingerprint density at radius 1 is 1.32 bits per heavy atom. The van der Waals surface area contributed by atoms with Crippen LogP contribution in [0.3, 0.4) is 0 Å². The third-order valence-electron chi connectivity index (χ3n) is 4.55. The average Bonchev–Trinajstić information content (AvgIpc) is 2.72. The molecule has 0 aliphatic carbocycles. The number of halogens is 1. The second kappa shape index (κ2) is 8.04. The van der Waals surface area contributed by atoms with Gasteiger partial charge in [-0.1, -0.05) is 18.2 Å². The normalized spacial score (nSPS) is 19.2. The fourth-order valence-electron chi connectivity index (χ4n) is 3.04. The fraction of sp³-hybridized carbons (Fsp3) is 0.316. The van der Waals surface area contributed by atoms with Gasteiger partial charge >= 0.3 is 0 Å². The topological polar surface area (TPSA) is 97.3 Å². The van der Waals surface area contributed by atoms with Crippen molar-refractivity contribution < 1.29 is 14.3 Å². The molecule has 2 amide bonds. The molecule has 3 rings (SSSR count). The lowest BCUT2D eigenvalue weighted by Gasteiger charge is -2.40. The van der Waals surface area contributed by atoms with E-state index in [9.17, 15) is 9.59 Å². The van der Waals surface area contributed by atoms with E-state index in [1.54, 1.807) is 23.1 Å². The molecule has 0 radical (unpaired) electrons. The van der Waals surface area contributed by atoms with Gasteiger partial charge in [-0.15, -0.1) is 0 Å². The molecule has 1 saturated heterocycles. The number of ether oxygens (including phenoxy) is 1. The number of rotatable bonds is 4. The summed E-state index contributed by atoms with van der Waals surface area (Å²) in [5.41, 5.74) is 1.14. The predicted molar refractivity (Wildman–Crippen MR) is 104 cm³/mol. The van der Waals surface area contributed by atoms with Crippen LogP contribution < -0.4 is 5.32 Å². The molecule has 2 aromatic heterocycles. The Balaban J connectivity index is 1.99. The lowest BCUT2D eigenvalue weighted by atomic mass is 9.93. The van der Waals surface area contributed by atoms with Crippen LogP contribution in [0.4, 0.5) is 0 Å². The summed E-state index contributed by atoms with van der Waals surface area (Å²) in [6.07, 6.45) is 2.59. The van der Waals surface area contributed by atoms with Gasteiger partial charge in [0.1, 0.15) is 22.8 Å². The fourth-order valence-corrected chi connectivity index (χ4v) is 3.25. The molecule has 2 aromatic rings. The van der Waals surface area contributed by atoms with Crippen LogP contribution in [0.5, 0.6) is 0 Å². The van der Waals surface area contributed by atoms with Crippen molar-refractivity contribution in [2.24, 2.45) is 0 Å². The van der Waals surface area contributed by atoms with Crippen LogP contribution in [0.1, 0.15) is 23.0 Å². The van der Waals surface area contributed by atoms with Crippen molar-refractivity contribution in [3.63, 3.8) is 0 Å². The first-order chi connectivity index (χ1) is 13.4. The zero-order valence-electron chi connectivity index (χ0n) is 15.6. The summed E-state index contributed by atoms with van der Waals surface area (Å²) in [5.74, 6) is -0.479. The number of carbonyl (C=O) groups excluding carboxylic acids is 2. The molecule has 1 N–H and O–H groups in total. The van der Waals surface area contributed by atoms with Gasteiger partial charge in [0, 0.05) is 13.6 Å². The summed E-state index contributed by atoms with van der Waals surface area (Å²) in [6.45, 7) is 6.67. The van der Waals surface area contributed by atoms with Crippen molar-refractivity contribution in [3.05, 3.63) is 53.6 Å². The van der Waals surface area contributed by atoms with Gasteiger partial charge in [0.25, 0.3) is 5.91 Å². The van der Waals surface area contributed by atoms with E-state index in [1.165, 1.54) is 19.5 Å². The minimum absolute atomic E-state index is 0.152. The Morgan fingerprint density at radius 3 is 2.82 bits per heavy atom. The van der Waals surface area contributed by atoms with Crippen LogP contribution in [-0.2, 0) is 15.1 Å². The zero-order valence-corrected chi connectivity index (χ0v) is 16.4. The Morgan fingerprint density at radius 2 is 2.11 bits per heavy atom. The standard InChI is InChI=1S/C19H20ClN5O3/c1-4-17(26)25-5-6-28-19(2,10-25)12-7-14(24-16(20)8-12)13-9-15(18(27)21-3)23-11-22-13/h4,7-9,11H,1,5-6,10H2,2-3H3,(H,21,27)/t19-/m0/s1. The van der Waals surface area contributed by atoms with Crippen molar-refractivity contribution in [1.82, 2.24) is 25.2 Å². The van der Waals surface area contributed by atoms with Crippen LogP contribution in [0, 0.1) is 0 Å². The summed E-state index contributed by atoms with van der Waals surface area (Å²) >= 11 is 6.25. The second-order valence-electron chi connectivity index (χ2n) is 6.47. The molecule has 0 unspecified atom stereocenters. The van der Waals surface area contributed by atoms with Crippen molar-refractivity contribution in [2.75, 3.05) is 26.7 Å². The second-order valence-corrected chi connectivity index (χ2v) is 6.86. The summed E-state index contributed by atoms with van der Waals surface area (Å²) in [5, 5.41) is 2.77. The maximum Gasteiger partial charge on any atom is 0.269 e. The van der Waals surface area contributed by atoms with Gasteiger partial charge in [-0.3, -0.25) is 9.59 Å². The highest BCUT2D eigenvalue weighted by atomic mass is 35.5. The molecule has 1 atom stereocenters. The molecule has 0 spiro atoms. The van der Waals surface area contributed by atoms with Gasteiger partial charge in [0.15, 0.2) is 0 Å². The number of aromatic nitrogens is 3. The Kier molecular flexibility index (Phi) is 5.71. The highest BCUT2D eigenvalue weighted by Crippen LogP contribution is 2.33. The highest BCUT2D eigenvalue weighted by molar-refractivity contribution is 6.29. The molecule has 0 aromatic carbocycles. The van der Waals surface area contributed by atoms with Crippen molar-refractivity contribution in [2.45, 2.75) is 12.5 Å². The molecule has 1 fully saturated rings. The summed E-state index contributed by atoms with van der Waals surface area (Å²) in [4.78, 5) is 38.0. The van der Waals surface area contributed by atoms with Gasteiger partial charge in [-0.2, -0.15) is 0 Å². The van der Waals surface area contributed by atoms with Crippen LogP contribution in [0.15, 0.2) is 37.2 Å². The molecule has 0 saturated carbocycles. The van der Waals surface area contributed by atoms with Crippen LogP contribution in [0.2, 0.25) is 5.15 Å². The molecule has 9 heteroatoms. The summed E-state index contributed by atoms with van der Waals surface area (Å²) in [6, 6.07) is 5.04. The van der Waals surface area contributed by atoms with Crippen LogP contribution in [0.25, 0.3) is 11.4 Å². The van der Waals surface area contributed by atoms with E-state index in [4.69, 9.17) is 16.3 Å². The van der Waals surface area contributed by atoms with Gasteiger partial charge in [-0.25, -0.2) is 15.0 Å². The SMILES string of the molecule is C=CC(=O)N1CCO[C@](C)(c2cc(Cl)nc(-c3cc(C(=O)NC)ncn3)c2)C1. The van der Waals surface area contributed by atoms with E-state index in [-0.39, 0.29) is 22.7 Å². The number of carbonyl (C=O) groups is 2. The lowest BCUT2D eigenvalue weighted by molar-refractivity contribution is -0.144. The number of hydrogen-bond donors (Lipinski definition) is 1. The summed E-state index contributed by atoms with van der Waals surface area (Å²) < 4.78 is 5.99. The Hall–Kier alpha value is -2.84. The van der Waals surface area contributed by atoms with E-state index in [1.807, 2.05) is 6.92 Å². The first-order valence-corrected chi connectivity index (χ1v) is 9.02. The summed E-state index contributed by atoms with van der Waals surface area (Å²) in [7, 11) is 1.53. The molecule has 3 heterocycles. The maximum atomic E-state index is 12.0. The van der Waals surface area contributed by atoms with Gasteiger partial charge in [0.2, 0.25) is 5.91 Å². The number of nitrogens with zero attached hydrogens (tertiary/aromatic N) is 4. The third kappa shape index (κ3) is 4.02. The minimum atomic E-state index is -0.769. The van der Waals surface area contributed by atoms with E-state index in [2.05, 4.69) is 26.8 Å². The maximum absolute atomic E-state index is 12.0. The monoisotopic (exact) mass is 401 g/mol. The van der Waals surface area contributed by atoms with Crippen molar-refractivity contribution in [3.8, 4) is 11.4 Å². The number of nitrogens with one attached hydrogen (secondary N) is 1. The zero-order chi connectivity index (χ0) is 20.3. The number of hydrogen-bond acceptors (Lipinski definition) is 6. The first kappa shape index (κ1) is 19.9. The molecule has 0 bridgehead atoms. The van der Waals surface area contributed by atoms with Gasteiger partial charge in [-0.05, 0) is 36.8 Å². The molecule has 8 nitrogen and oxygen atoms in total. The number of morpholine rings is 1. The molecular weight excluding hydrogens is 382 g/mol. The largest absolute Gasteiger partial charge is 0.367 e. The van der Waals surface area contributed by atoms with E-state index >= 15 is 0 Å². The van der Waals surface area contributed by atoms with Crippen molar-refractivity contribution in [1.29, 1.82) is 0 Å². The number of pyridine rings is 1. The molecule has 146 valence electrons. The van der Waals surface area contributed by atoms with Gasteiger partial charge in [0.05, 0.1) is 24.5 Å². The first-order valence-electron chi connectivity index (χ1n) is 8.64. The molecular formula is C19H20ClN5O3. The van der Waals surface area contributed by atoms with E-state index < -0.39 is 5.60 Å². The molecule has 1 aliphatic heterocycles. The molecule has 1 aliphatic rings. The third-order valence-corrected chi connectivity index (χ3v) is 4.75. The Bertz CT molecular complexity index is 936. The Labute approximate surface area is 167 Å². The van der Waals surface area contributed by atoms with Crippen LogP contribution in [-0.4, -0.2) is 58.4 Å². The van der Waals surface area contributed by atoms with E-state index in [0.29, 0.717) is 31.1 Å².